The third-order valence-corrected chi connectivity index (χ3v) is 3.15. The van der Waals surface area contributed by atoms with Gasteiger partial charge in [-0.1, -0.05) is 0 Å². The van der Waals surface area contributed by atoms with Gasteiger partial charge in [-0.05, 0) is 33.1 Å². The lowest BCUT2D eigenvalue weighted by Crippen LogP contribution is -2.35. The molecule has 0 saturated carbocycles. The Morgan fingerprint density at radius 1 is 1.53 bits per heavy atom. The van der Waals surface area contributed by atoms with Gasteiger partial charge >= 0.3 is 0 Å². The molecular weight excluding hydrogens is 242 g/mol. The fraction of sp³-hybridized carbons (Fsp3) is 0.714. The molecule has 1 atom stereocenters. The quantitative estimate of drug-likeness (QED) is 0.859. The van der Waals surface area contributed by atoms with E-state index >= 15 is 0 Å². The highest BCUT2D eigenvalue weighted by atomic mass is 16.5. The Kier molecular flexibility index (Phi) is 4.37. The second kappa shape index (κ2) is 5.84. The monoisotopic (exact) mass is 265 g/mol. The van der Waals surface area contributed by atoms with Crippen LogP contribution in [0.15, 0.2) is 10.9 Å². The molecule has 2 heterocycles. The average Bonchev–Trinajstić information content (AvgIpc) is 2.77. The predicted molar refractivity (Wildman–Crippen MR) is 74.1 cm³/mol. The molecule has 1 fully saturated rings. The van der Waals surface area contributed by atoms with Crippen LogP contribution in [0.3, 0.4) is 0 Å². The van der Waals surface area contributed by atoms with Crippen molar-refractivity contribution < 1.29 is 4.74 Å². The number of aromatic amines is 1. The Hall–Kier alpha value is -1.20. The summed E-state index contributed by atoms with van der Waals surface area (Å²) in [6, 6.07) is 1.56. The van der Waals surface area contributed by atoms with E-state index in [1.807, 2.05) is 0 Å². The maximum Gasteiger partial charge on any atom is 0.251 e. The maximum absolute atomic E-state index is 11.7. The van der Waals surface area contributed by atoms with Crippen LogP contribution in [0.4, 0.5) is 0 Å². The number of ether oxygens (including phenoxy) is 1. The molecule has 1 aliphatic rings. The largest absolute Gasteiger partial charge is 0.381 e. The molecule has 5 nitrogen and oxygen atoms in total. The van der Waals surface area contributed by atoms with Gasteiger partial charge in [-0.15, -0.1) is 0 Å². The van der Waals surface area contributed by atoms with Gasteiger partial charge in [0.25, 0.3) is 5.56 Å². The number of H-pyrrole nitrogens is 1. The van der Waals surface area contributed by atoms with Crippen LogP contribution in [0.1, 0.15) is 38.7 Å². The van der Waals surface area contributed by atoms with Crippen LogP contribution >= 0.6 is 0 Å². The van der Waals surface area contributed by atoms with E-state index in [1.54, 1.807) is 6.07 Å². The topological polar surface area (TPSA) is 67.0 Å². The highest BCUT2D eigenvalue weighted by molar-refractivity contribution is 5.04. The van der Waals surface area contributed by atoms with Crippen LogP contribution in [0, 0.1) is 5.92 Å². The zero-order valence-electron chi connectivity index (χ0n) is 12.0. The van der Waals surface area contributed by atoms with E-state index in [-0.39, 0.29) is 11.1 Å². The zero-order chi connectivity index (χ0) is 13.9. The van der Waals surface area contributed by atoms with Crippen molar-refractivity contribution in [1.29, 1.82) is 0 Å². The lowest BCUT2D eigenvalue weighted by Gasteiger charge is -2.20. The van der Waals surface area contributed by atoms with E-state index in [9.17, 15) is 4.79 Å². The zero-order valence-corrected chi connectivity index (χ0v) is 12.0. The van der Waals surface area contributed by atoms with Gasteiger partial charge in [-0.2, -0.15) is 0 Å². The minimum Gasteiger partial charge on any atom is -0.381 e. The van der Waals surface area contributed by atoms with Crippen LogP contribution in [0.25, 0.3) is 0 Å². The Bertz CT molecular complexity index is 470. The van der Waals surface area contributed by atoms with Gasteiger partial charge in [0.1, 0.15) is 5.82 Å². The number of hydrogen-bond donors (Lipinski definition) is 2. The standard InChI is InChI=1S/C14H23N3O2/c1-14(2,3)15-8-11-7-13(18)17-12(16-11)6-10-4-5-19-9-10/h7,10,15H,4-6,8-9H2,1-3H3,(H,16,17,18). The minimum absolute atomic E-state index is 0.0176. The highest BCUT2D eigenvalue weighted by Gasteiger charge is 2.17. The van der Waals surface area contributed by atoms with Crippen molar-refractivity contribution in [3.8, 4) is 0 Å². The summed E-state index contributed by atoms with van der Waals surface area (Å²) in [6.45, 7) is 8.49. The first-order valence-corrected chi connectivity index (χ1v) is 6.84. The van der Waals surface area contributed by atoms with Crippen LogP contribution in [-0.2, 0) is 17.7 Å². The molecule has 2 rings (SSSR count). The van der Waals surface area contributed by atoms with E-state index in [1.165, 1.54) is 0 Å². The number of aromatic nitrogens is 2. The van der Waals surface area contributed by atoms with Crippen LogP contribution < -0.4 is 10.9 Å². The molecule has 106 valence electrons. The van der Waals surface area contributed by atoms with E-state index in [0.717, 1.165) is 37.6 Å². The SMILES string of the molecule is CC(C)(C)NCc1cc(=O)[nH]c(CC2CCOC2)n1. The van der Waals surface area contributed by atoms with Crippen molar-refractivity contribution in [3.63, 3.8) is 0 Å². The first-order valence-electron chi connectivity index (χ1n) is 6.84. The summed E-state index contributed by atoms with van der Waals surface area (Å²) < 4.78 is 5.35. The molecule has 19 heavy (non-hydrogen) atoms. The normalized spacial score (nSPS) is 19.8. The van der Waals surface area contributed by atoms with Gasteiger partial charge in [-0.25, -0.2) is 4.98 Å². The van der Waals surface area contributed by atoms with E-state index in [4.69, 9.17) is 4.74 Å². The van der Waals surface area contributed by atoms with Crippen molar-refractivity contribution in [2.24, 2.45) is 5.92 Å². The molecule has 1 aromatic rings. The highest BCUT2D eigenvalue weighted by Crippen LogP contribution is 2.15. The van der Waals surface area contributed by atoms with Gasteiger partial charge in [0.05, 0.1) is 5.69 Å². The van der Waals surface area contributed by atoms with Gasteiger partial charge in [0.15, 0.2) is 0 Å². The van der Waals surface area contributed by atoms with Crippen molar-refractivity contribution >= 4 is 0 Å². The van der Waals surface area contributed by atoms with Crippen molar-refractivity contribution in [3.05, 3.63) is 27.9 Å². The molecule has 0 bridgehead atoms. The summed E-state index contributed by atoms with van der Waals surface area (Å²) in [4.78, 5) is 19.0. The summed E-state index contributed by atoms with van der Waals surface area (Å²) in [7, 11) is 0. The fourth-order valence-corrected chi connectivity index (χ4v) is 2.12. The molecule has 1 aromatic heterocycles. The van der Waals surface area contributed by atoms with Crippen LogP contribution in [0.2, 0.25) is 0 Å². The molecule has 1 aliphatic heterocycles. The molecule has 0 amide bonds. The first-order chi connectivity index (χ1) is 8.92. The lowest BCUT2D eigenvalue weighted by atomic mass is 10.0. The molecule has 0 aliphatic carbocycles. The van der Waals surface area contributed by atoms with Crippen molar-refractivity contribution in [1.82, 2.24) is 15.3 Å². The number of nitrogens with one attached hydrogen (secondary N) is 2. The number of nitrogens with zero attached hydrogens (tertiary/aromatic N) is 1. The summed E-state index contributed by atoms with van der Waals surface area (Å²) in [6.07, 6.45) is 1.84. The van der Waals surface area contributed by atoms with E-state index in [2.05, 4.69) is 36.1 Å². The number of rotatable bonds is 4. The average molecular weight is 265 g/mol. The summed E-state index contributed by atoms with van der Waals surface area (Å²) in [5, 5.41) is 3.35. The Morgan fingerprint density at radius 3 is 2.95 bits per heavy atom. The van der Waals surface area contributed by atoms with Crippen LogP contribution in [-0.4, -0.2) is 28.7 Å². The molecule has 2 N–H and O–H groups in total. The van der Waals surface area contributed by atoms with E-state index < -0.39 is 0 Å². The van der Waals surface area contributed by atoms with Crippen molar-refractivity contribution in [2.75, 3.05) is 13.2 Å². The fourth-order valence-electron chi connectivity index (χ4n) is 2.12. The molecule has 1 unspecified atom stereocenters. The van der Waals surface area contributed by atoms with Crippen molar-refractivity contribution in [2.45, 2.75) is 45.7 Å². The summed E-state index contributed by atoms with van der Waals surface area (Å²) in [5.41, 5.74) is 0.742. The molecule has 0 radical (unpaired) electrons. The van der Waals surface area contributed by atoms with Gasteiger partial charge in [0.2, 0.25) is 0 Å². The van der Waals surface area contributed by atoms with E-state index in [0.29, 0.717) is 12.5 Å². The minimum atomic E-state index is -0.0744. The van der Waals surface area contributed by atoms with Crippen LogP contribution in [0.5, 0.6) is 0 Å². The van der Waals surface area contributed by atoms with Gasteiger partial charge in [0, 0.05) is 37.8 Å². The Morgan fingerprint density at radius 2 is 2.32 bits per heavy atom. The third kappa shape index (κ3) is 4.76. The lowest BCUT2D eigenvalue weighted by molar-refractivity contribution is 0.185. The van der Waals surface area contributed by atoms with Gasteiger partial charge < -0.3 is 15.0 Å². The molecule has 0 spiro atoms. The second-order valence-electron chi connectivity index (χ2n) is 6.22. The molecular formula is C14H23N3O2. The maximum atomic E-state index is 11.7. The summed E-state index contributed by atoms with van der Waals surface area (Å²) in [5.74, 6) is 1.25. The predicted octanol–water partition coefficient (Wildman–Crippen LogP) is 1.24. The molecule has 0 aromatic carbocycles. The smallest absolute Gasteiger partial charge is 0.251 e. The molecule has 1 saturated heterocycles. The first kappa shape index (κ1) is 14.2. The molecule has 5 heteroatoms. The Labute approximate surface area is 113 Å². The number of hydrogen-bond acceptors (Lipinski definition) is 4. The summed E-state index contributed by atoms with van der Waals surface area (Å²) >= 11 is 0. The third-order valence-electron chi connectivity index (χ3n) is 3.15. The Balaban J connectivity index is 2.03. The van der Waals surface area contributed by atoms with Gasteiger partial charge in [-0.3, -0.25) is 4.79 Å². The second-order valence-corrected chi connectivity index (χ2v) is 6.22.